The second-order valence-electron chi connectivity index (χ2n) is 7.11. The molecule has 2 aliphatic rings. The van der Waals surface area contributed by atoms with Crippen molar-refractivity contribution in [1.82, 2.24) is 19.6 Å². The zero-order chi connectivity index (χ0) is 17.8. The van der Waals surface area contributed by atoms with E-state index in [1.165, 1.54) is 18.5 Å². The molecule has 1 aliphatic carbocycles. The van der Waals surface area contributed by atoms with Crippen LogP contribution in [0.5, 0.6) is 0 Å². The Bertz CT molecular complexity index is 590. The largest absolute Gasteiger partial charge is 0.376 e. The molecular formula is C19H32N4O2. The van der Waals surface area contributed by atoms with Crippen molar-refractivity contribution in [3.05, 3.63) is 17.0 Å². The maximum Gasteiger partial charge on any atom is 0.274 e. The maximum atomic E-state index is 13.1. The summed E-state index contributed by atoms with van der Waals surface area (Å²) in [5.41, 5.74) is 2.87. The summed E-state index contributed by atoms with van der Waals surface area (Å²) in [6, 6.07) is 0. The van der Waals surface area contributed by atoms with Crippen LogP contribution in [0.3, 0.4) is 0 Å². The highest BCUT2D eigenvalue weighted by atomic mass is 16.5. The number of fused-ring (bicyclic) bond motifs is 1. The summed E-state index contributed by atoms with van der Waals surface area (Å²) >= 11 is 0. The standard InChI is InChI=1S/C19H32N4O2/c1-4-21(5-2)10-11-22(6-3)19(24)18-16-14-25-12-9-17(16)23(20-18)13-15-7-8-15/h15H,4-14H2,1-3H3. The molecule has 0 atom stereocenters. The lowest BCUT2D eigenvalue weighted by Crippen LogP contribution is -2.39. The van der Waals surface area contributed by atoms with Crippen LogP contribution in [0.4, 0.5) is 0 Å². The molecule has 1 saturated carbocycles. The summed E-state index contributed by atoms with van der Waals surface area (Å²) in [6.07, 6.45) is 3.45. The number of carbonyl (C=O) groups is 1. The molecule has 6 heteroatoms. The number of rotatable bonds is 9. The van der Waals surface area contributed by atoms with E-state index in [0.29, 0.717) is 18.8 Å². The van der Waals surface area contributed by atoms with Gasteiger partial charge < -0.3 is 14.5 Å². The third kappa shape index (κ3) is 4.23. The Morgan fingerprint density at radius 3 is 2.60 bits per heavy atom. The van der Waals surface area contributed by atoms with Crippen molar-refractivity contribution >= 4 is 5.91 Å². The van der Waals surface area contributed by atoms with E-state index < -0.39 is 0 Å². The second kappa shape index (κ2) is 8.32. The summed E-state index contributed by atoms with van der Waals surface area (Å²) in [6.45, 7) is 13.0. The lowest BCUT2D eigenvalue weighted by molar-refractivity contribution is 0.0727. The van der Waals surface area contributed by atoms with Gasteiger partial charge in [0.1, 0.15) is 0 Å². The number of amides is 1. The molecule has 3 rings (SSSR count). The van der Waals surface area contributed by atoms with Crippen LogP contribution in [0, 0.1) is 5.92 Å². The summed E-state index contributed by atoms with van der Waals surface area (Å²) < 4.78 is 7.73. The summed E-state index contributed by atoms with van der Waals surface area (Å²) in [4.78, 5) is 17.4. The predicted molar refractivity (Wildman–Crippen MR) is 97.7 cm³/mol. The molecule has 0 N–H and O–H groups in total. The Kier molecular flexibility index (Phi) is 6.12. The van der Waals surface area contributed by atoms with Gasteiger partial charge in [0.15, 0.2) is 5.69 Å². The monoisotopic (exact) mass is 348 g/mol. The molecule has 1 aliphatic heterocycles. The molecule has 0 radical (unpaired) electrons. The van der Waals surface area contributed by atoms with Gasteiger partial charge in [-0.05, 0) is 38.8 Å². The minimum atomic E-state index is 0.0611. The van der Waals surface area contributed by atoms with Crippen LogP contribution in [0.2, 0.25) is 0 Å². The first-order valence-corrected chi connectivity index (χ1v) is 9.85. The number of hydrogen-bond acceptors (Lipinski definition) is 4. The predicted octanol–water partition coefficient (Wildman–Crippen LogP) is 2.17. The third-order valence-electron chi connectivity index (χ3n) is 5.48. The third-order valence-corrected chi connectivity index (χ3v) is 5.48. The maximum absolute atomic E-state index is 13.1. The van der Waals surface area contributed by atoms with Crippen molar-refractivity contribution in [1.29, 1.82) is 0 Å². The van der Waals surface area contributed by atoms with Gasteiger partial charge in [0.2, 0.25) is 0 Å². The lowest BCUT2D eigenvalue weighted by Gasteiger charge is -2.25. The zero-order valence-corrected chi connectivity index (χ0v) is 16.0. The molecule has 140 valence electrons. The fourth-order valence-corrected chi connectivity index (χ4v) is 3.53. The van der Waals surface area contributed by atoms with Crippen LogP contribution < -0.4 is 0 Å². The van der Waals surface area contributed by atoms with E-state index in [1.807, 2.05) is 11.8 Å². The topological polar surface area (TPSA) is 50.6 Å². The van der Waals surface area contributed by atoms with Gasteiger partial charge in [-0.2, -0.15) is 5.10 Å². The van der Waals surface area contributed by atoms with Gasteiger partial charge in [0.05, 0.1) is 13.2 Å². The number of aromatic nitrogens is 2. The molecule has 2 heterocycles. The average molecular weight is 348 g/mol. The molecule has 1 fully saturated rings. The molecule has 25 heavy (non-hydrogen) atoms. The molecule has 6 nitrogen and oxygen atoms in total. The molecular weight excluding hydrogens is 316 g/mol. The van der Waals surface area contributed by atoms with Crippen molar-refractivity contribution in [3.63, 3.8) is 0 Å². The first-order chi connectivity index (χ1) is 12.2. The van der Waals surface area contributed by atoms with Gasteiger partial charge in [0, 0.05) is 43.9 Å². The number of likely N-dealkylation sites (N-methyl/N-ethyl adjacent to an activating group) is 2. The van der Waals surface area contributed by atoms with Crippen molar-refractivity contribution in [2.45, 2.75) is 53.2 Å². The van der Waals surface area contributed by atoms with Gasteiger partial charge in [0.25, 0.3) is 5.91 Å². The number of carbonyl (C=O) groups excluding carboxylic acids is 1. The Balaban J connectivity index is 1.76. The van der Waals surface area contributed by atoms with Crippen molar-refractivity contribution in [2.24, 2.45) is 5.92 Å². The molecule has 0 bridgehead atoms. The molecule has 1 aromatic rings. The minimum absolute atomic E-state index is 0.0611. The van der Waals surface area contributed by atoms with E-state index in [1.54, 1.807) is 0 Å². The van der Waals surface area contributed by atoms with E-state index in [9.17, 15) is 4.79 Å². The average Bonchev–Trinajstić information content (AvgIpc) is 3.39. The highest BCUT2D eigenvalue weighted by Gasteiger charge is 2.30. The number of ether oxygens (including phenoxy) is 1. The highest BCUT2D eigenvalue weighted by Crippen LogP contribution is 2.32. The smallest absolute Gasteiger partial charge is 0.274 e. The fourth-order valence-electron chi connectivity index (χ4n) is 3.53. The second-order valence-corrected chi connectivity index (χ2v) is 7.11. The molecule has 0 spiro atoms. The summed E-state index contributed by atoms with van der Waals surface area (Å²) in [5.74, 6) is 0.811. The molecule has 0 saturated heterocycles. The quantitative estimate of drug-likeness (QED) is 0.686. The molecule has 1 aromatic heterocycles. The van der Waals surface area contributed by atoms with Gasteiger partial charge in [-0.25, -0.2) is 0 Å². The van der Waals surface area contributed by atoms with E-state index in [2.05, 4.69) is 23.4 Å². The van der Waals surface area contributed by atoms with Crippen LogP contribution in [-0.4, -0.2) is 64.8 Å². The van der Waals surface area contributed by atoms with Crippen LogP contribution in [-0.2, 0) is 24.3 Å². The fraction of sp³-hybridized carbons (Fsp3) is 0.789. The Morgan fingerprint density at radius 2 is 1.96 bits per heavy atom. The van der Waals surface area contributed by atoms with Crippen molar-refractivity contribution in [3.8, 4) is 0 Å². The van der Waals surface area contributed by atoms with E-state index in [0.717, 1.165) is 57.2 Å². The molecule has 0 aromatic carbocycles. The number of nitrogens with zero attached hydrogens (tertiary/aromatic N) is 4. The Hall–Kier alpha value is -1.40. The first-order valence-electron chi connectivity index (χ1n) is 9.85. The van der Waals surface area contributed by atoms with Crippen LogP contribution in [0.15, 0.2) is 0 Å². The van der Waals surface area contributed by atoms with Crippen molar-refractivity contribution < 1.29 is 9.53 Å². The van der Waals surface area contributed by atoms with Gasteiger partial charge in [-0.1, -0.05) is 13.8 Å². The zero-order valence-electron chi connectivity index (χ0n) is 16.0. The first kappa shape index (κ1) is 18.4. The van der Waals surface area contributed by atoms with Crippen molar-refractivity contribution in [2.75, 3.05) is 39.3 Å². The minimum Gasteiger partial charge on any atom is -0.376 e. The SMILES string of the molecule is CCN(CC)CCN(CC)C(=O)c1nn(CC2CC2)c2c1COCC2. The number of hydrogen-bond donors (Lipinski definition) is 0. The van der Waals surface area contributed by atoms with Gasteiger partial charge in [-0.3, -0.25) is 9.48 Å². The normalized spacial score (nSPS) is 17.0. The summed E-state index contributed by atoms with van der Waals surface area (Å²) in [7, 11) is 0. The van der Waals surface area contributed by atoms with Crippen LogP contribution in [0.25, 0.3) is 0 Å². The Labute approximate surface area is 151 Å². The Morgan fingerprint density at radius 1 is 1.20 bits per heavy atom. The van der Waals surface area contributed by atoms with Crippen LogP contribution >= 0.6 is 0 Å². The van der Waals surface area contributed by atoms with Crippen LogP contribution in [0.1, 0.15) is 55.4 Å². The molecule has 0 unspecified atom stereocenters. The van der Waals surface area contributed by atoms with Gasteiger partial charge >= 0.3 is 0 Å². The van der Waals surface area contributed by atoms with E-state index >= 15 is 0 Å². The van der Waals surface area contributed by atoms with E-state index in [4.69, 9.17) is 9.84 Å². The van der Waals surface area contributed by atoms with Gasteiger partial charge in [-0.15, -0.1) is 0 Å². The molecule has 1 amide bonds. The van der Waals surface area contributed by atoms with E-state index in [-0.39, 0.29) is 5.91 Å². The summed E-state index contributed by atoms with van der Waals surface area (Å²) in [5, 5.41) is 4.74. The highest BCUT2D eigenvalue weighted by molar-refractivity contribution is 5.94. The lowest BCUT2D eigenvalue weighted by atomic mass is 10.1.